The Hall–Kier alpha value is -1.78. The molecule has 2 aromatic rings. The Morgan fingerprint density at radius 2 is 1.67 bits per heavy atom. The SMILES string of the molecule is O=[N+]([O-])c1cccc(Cl)c1Oc1ccccc1Cl. The lowest BCUT2D eigenvalue weighted by atomic mass is 10.3. The van der Waals surface area contributed by atoms with E-state index in [2.05, 4.69) is 0 Å². The monoisotopic (exact) mass is 283 g/mol. The molecule has 18 heavy (non-hydrogen) atoms. The molecule has 0 radical (unpaired) electrons. The zero-order valence-corrected chi connectivity index (χ0v) is 10.5. The third kappa shape index (κ3) is 2.55. The smallest absolute Gasteiger partial charge is 0.313 e. The fourth-order valence-electron chi connectivity index (χ4n) is 1.38. The van der Waals surface area contributed by atoms with E-state index in [1.165, 1.54) is 18.2 Å². The Balaban J connectivity index is 2.46. The predicted octanol–water partition coefficient (Wildman–Crippen LogP) is 4.69. The van der Waals surface area contributed by atoms with Crippen molar-refractivity contribution in [1.29, 1.82) is 0 Å². The van der Waals surface area contributed by atoms with Crippen molar-refractivity contribution in [3.05, 3.63) is 62.6 Å². The molecule has 0 aliphatic rings. The molecule has 0 fully saturated rings. The molecule has 0 spiro atoms. The molecule has 0 heterocycles. The van der Waals surface area contributed by atoms with Gasteiger partial charge in [-0.05, 0) is 18.2 Å². The zero-order valence-electron chi connectivity index (χ0n) is 8.97. The normalized spacial score (nSPS) is 10.1. The van der Waals surface area contributed by atoms with Gasteiger partial charge in [0, 0.05) is 6.07 Å². The van der Waals surface area contributed by atoms with Gasteiger partial charge < -0.3 is 4.74 Å². The van der Waals surface area contributed by atoms with Crippen LogP contribution >= 0.6 is 23.2 Å². The van der Waals surface area contributed by atoms with Gasteiger partial charge in [-0.2, -0.15) is 0 Å². The van der Waals surface area contributed by atoms with Crippen LogP contribution in [0.5, 0.6) is 11.5 Å². The zero-order chi connectivity index (χ0) is 13.1. The van der Waals surface area contributed by atoms with Gasteiger partial charge in [0.25, 0.3) is 0 Å². The van der Waals surface area contributed by atoms with Crippen LogP contribution in [0.3, 0.4) is 0 Å². The second-order valence-electron chi connectivity index (χ2n) is 3.38. The highest BCUT2D eigenvalue weighted by Crippen LogP contribution is 2.39. The minimum atomic E-state index is -0.557. The van der Waals surface area contributed by atoms with Crippen LogP contribution in [-0.4, -0.2) is 4.92 Å². The molecule has 92 valence electrons. The molecule has 0 bridgehead atoms. The van der Waals surface area contributed by atoms with E-state index in [-0.39, 0.29) is 16.5 Å². The van der Waals surface area contributed by atoms with Gasteiger partial charge in [-0.3, -0.25) is 10.1 Å². The second-order valence-corrected chi connectivity index (χ2v) is 4.19. The number of hydrogen-bond acceptors (Lipinski definition) is 3. The van der Waals surface area contributed by atoms with Crippen molar-refractivity contribution in [2.75, 3.05) is 0 Å². The van der Waals surface area contributed by atoms with Gasteiger partial charge in [0.15, 0.2) is 0 Å². The average Bonchev–Trinajstić information content (AvgIpc) is 2.34. The number of nitro benzene ring substituents is 1. The fraction of sp³-hybridized carbons (Fsp3) is 0. The highest BCUT2D eigenvalue weighted by molar-refractivity contribution is 6.33. The van der Waals surface area contributed by atoms with Gasteiger partial charge in [0.1, 0.15) is 5.75 Å². The van der Waals surface area contributed by atoms with E-state index in [0.29, 0.717) is 10.8 Å². The maximum Gasteiger partial charge on any atom is 0.313 e. The van der Waals surface area contributed by atoms with Crippen molar-refractivity contribution in [1.82, 2.24) is 0 Å². The number of nitrogens with zero attached hydrogens (tertiary/aromatic N) is 1. The van der Waals surface area contributed by atoms with Crippen molar-refractivity contribution in [3.63, 3.8) is 0 Å². The van der Waals surface area contributed by atoms with Gasteiger partial charge in [0.05, 0.1) is 15.0 Å². The molecular formula is C12H7Cl2NO3. The maximum absolute atomic E-state index is 10.9. The van der Waals surface area contributed by atoms with Gasteiger partial charge in [-0.25, -0.2) is 0 Å². The standard InChI is InChI=1S/C12H7Cl2NO3/c13-8-4-1-2-7-11(8)18-12-9(14)5-3-6-10(12)15(16)17/h1-7H. The molecule has 0 saturated carbocycles. The Morgan fingerprint density at radius 1 is 1.00 bits per heavy atom. The second kappa shape index (κ2) is 5.25. The molecule has 0 aromatic heterocycles. The third-order valence-corrected chi connectivity index (χ3v) is 2.80. The van der Waals surface area contributed by atoms with Crippen molar-refractivity contribution < 1.29 is 9.66 Å². The number of nitro groups is 1. The molecule has 6 heteroatoms. The average molecular weight is 284 g/mol. The van der Waals surface area contributed by atoms with Crippen LogP contribution in [0.15, 0.2) is 42.5 Å². The summed E-state index contributed by atoms with van der Waals surface area (Å²) in [5.74, 6) is 0.299. The number of benzene rings is 2. The van der Waals surface area contributed by atoms with Crippen molar-refractivity contribution in [2.45, 2.75) is 0 Å². The lowest BCUT2D eigenvalue weighted by molar-refractivity contribution is -0.385. The number of halogens is 2. The summed E-state index contributed by atoms with van der Waals surface area (Å²) in [6.45, 7) is 0. The molecule has 0 saturated heterocycles. The number of para-hydroxylation sites is 2. The minimum absolute atomic E-state index is 0.0164. The molecule has 0 amide bonds. The highest BCUT2D eigenvalue weighted by Gasteiger charge is 2.19. The topological polar surface area (TPSA) is 52.4 Å². The first kappa shape index (κ1) is 12.7. The van der Waals surface area contributed by atoms with Gasteiger partial charge in [-0.1, -0.05) is 41.4 Å². The lowest BCUT2D eigenvalue weighted by Crippen LogP contribution is -1.94. The summed E-state index contributed by atoms with van der Waals surface area (Å²) < 4.78 is 5.43. The van der Waals surface area contributed by atoms with Crippen LogP contribution in [0.4, 0.5) is 5.69 Å². The van der Waals surface area contributed by atoms with E-state index >= 15 is 0 Å². The first-order valence-electron chi connectivity index (χ1n) is 4.95. The Kier molecular flexibility index (Phi) is 3.69. The molecular weight excluding hydrogens is 277 g/mol. The Morgan fingerprint density at radius 3 is 2.33 bits per heavy atom. The summed E-state index contributed by atoms with van der Waals surface area (Å²) in [6, 6.07) is 11.0. The maximum atomic E-state index is 10.9. The van der Waals surface area contributed by atoms with Crippen molar-refractivity contribution in [3.8, 4) is 11.5 Å². The van der Waals surface area contributed by atoms with E-state index in [0.717, 1.165) is 0 Å². The summed E-state index contributed by atoms with van der Waals surface area (Å²) in [4.78, 5) is 10.3. The fourth-order valence-corrected chi connectivity index (χ4v) is 1.76. The van der Waals surface area contributed by atoms with E-state index < -0.39 is 4.92 Å². The summed E-state index contributed by atoms with van der Waals surface area (Å²) in [5.41, 5.74) is -0.206. The van der Waals surface area contributed by atoms with Crippen LogP contribution in [0.25, 0.3) is 0 Å². The number of hydrogen-bond donors (Lipinski definition) is 0. The number of rotatable bonds is 3. The van der Waals surface area contributed by atoms with Crippen LogP contribution in [0.1, 0.15) is 0 Å². The Bertz CT molecular complexity index is 602. The number of ether oxygens (including phenoxy) is 1. The van der Waals surface area contributed by atoms with Gasteiger partial charge >= 0.3 is 5.69 Å². The largest absolute Gasteiger partial charge is 0.447 e. The summed E-state index contributed by atoms with van der Waals surface area (Å²) in [6.07, 6.45) is 0. The van der Waals surface area contributed by atoms with Crippen molar-refractivity contribution in [2.24, 2.45) is 0 Å². The van der Waals surface area contributed by atoms with E-state index in [1.807, 2.05) is 0 Å². The molecule has 0 aliphatic carbocycles. The molecule has 2 aromatic carbocycles. The predicted molar refractivity (Wildman–Crippen MR) is 69.6 cm³/mol. The summed E-state index contributed by atoms with van der Waals surface area (Å²) >= 11 is 11.8. The van der Waals surface area contributed by atoms with Crippen LogP contribution < -0.4 is 4.74 Å². The van der Waals surface area contributed by atoms with Gasteiger partial charge in [-0.15, -0.1) is 0 Å². The minimum Gasteiger partial charge on any atom is -0.447 e. The Labute approximate surface area is 113 Å². The summed E-state index contributed by atoms with van der Waals surface area (Å²) in [7, 11) is 0. The molecule has 0 unspecified atom stereocenters. The van der Waals surface area contributed by atoms with Crippen LogP contribution in [-0.2, 0) is 0 Å². The molecule has 4 nitrogen and oxygen atoms in total. The molecule has 0 atom stereocenters. The lowest BCUT2D eigenvalue weighted by Gasteiger charge is -2.08. The third-order valence-electron chi connectivity index (χ3n) is 2.19. The van der Waals surface area contributed by atoms with Crippen LogP contribution in [0, 0.1) is 10.1 Å². The van der Waals surface area contributed by atoms with E-state index in [9.17, 15) is 10.1 Å². The first-order valence-corrected chi connectivity index (χ1v) is 5.70. The quantitative estimate of drug-likeness (QED) is 0.606. The molecule has 0 N–H and O–H groups in total. The van der Waals surface area contributed by atoms with E-state index in [1.54, 1.807) is 24.3 Å². The van der Waals surface area contributed by atoms with Crippen molar-refractivity contribution >= 4 is 28.9 Å². The first-order chi connectivity index (χ1) is 8.59. The summed E-state index contributed by atoms with van der Waals surface area (Å²) in [5, 5.41) is 11.4. The van der Waals surface area contributed by atoms with Crippen LogP contribution in [0.2, 0.25) is 10.0 Å². The highest BCUT2D eigenvalue weighted by atomic mass is 35.5. The molecule has 2 rings (SSSR count). The van der Waals surface area contributed by atoms with Gasteiger partial charge in [0.2, 0.25) is 5.75 Å². The van der Waals surface area contributed by atoms with E-state index in [4.69, 9.17) is 27.9 Å². The molecule has 0 aliphatic heterocycles.